The molecule has 0 atom stereocenters. The van der Waals surface area contributed by atoms with Crippen LogP contribution in [0.4, 0.5) is 13.2 Å². The molecule has 172 valence electrons. The Morgan fingerprint density at radius 3 is 2.74 bits per heavy atom. The van der Waals surface area contributed by atoms with Gasteiger partial charge in [-0.2, -0.15) is 13.2 Å². The molecule has 0 saturated heterocycles. The Morgan fingerprint density at radius 2 is 1.97 bits per heavy atom. The zero-order valence-electron chi connectivity index (χ0n) is 17.0. The summed E-state index contributed by atoms with van der Waals surface area (Å²) in [5.41, 5.74) is -0.782. The van der Waals surface area contributed by atoms with Crippen molar-refractivity contribution in [2.24, 2.45) is 0 Å². The Morgan fingerprint density at radius 1 is 1.15 bits per heavy atom. The summed E-state index contributed by atoms with van der Waals surface area (Å²) in [6.07, 6.45) is -1.23. The normalized spacial score (nSPS) is 11.8. The molecule has 0 bridgehead atoms. The van der Waals surface area contributed by atoms with Crippen LogP contribution in [0.2, 0.25) is 0 Å². The fraction of sp³-hybridized carbons (Fsp3) is 0.0952. The summed E-state index contributed by atoms with van der Waals surface area (Å²) in [5, 5.41) is 0.234. The van der Waals surface area contributed by atoms with Gasteiger partial charge in [-0.3, -0.25) is 9.78 Å². The first-order valence-electron chi connectivity index (χ1n) is 9.44. The van der Waals surface area contributed by atoms with Gasteiger partial charge in [0.05, 0.1) is 29.1 Å². The molecular formula is C21H11F3N4O4S2. The first kappa shape index (κ1) is 22.0. The number of nitrogens with zero attached hydrogens (tertiary/aromatic N) is 4. The fourth-order valence-electron chi connectivity index (χ4n) is 3.15. The van der Waals surface area contributed by atoms with E-state index in [4.69, 9.17) is 26.1 Å². The fourth-order valence-corrected chi connectivity index (χ4v) is 4.45. The first-order chi connectivity index (χ1) is 16.2. The summed E-state index contributed by atoms with van der Waals surface area (Å²) in [6.45, 7) is 0. The van der Waals surface area contributed by atoms with Crippen LogP contribution in [-0.2, 0) is 6.18 Å². The largest absolute Gasteiger partial charge is 0.493 e. The number of aromatic nitrogens is 4. The lowest BCUT2D eigenvalue weighted by Crippen LogP contribution is -2.20. The minimum atomic E-state index is -4.54. The Bertz CT molecular complexity index is 1680. The Hall–Kier alpha value is -3.84. The number of thiazole rings is 1. The molecule has 5 rings (SSSR count). The van der Waals surface area contributed by atoms with E-state index in [1.165, 1.54) is 19.5 Å². The molecule has 4 heterocycles. The van der Waals surface area contributed by atoms with E-state index in [1.807, 2.05) is 0 Å². The van der Waals surface area contributed by atoms with Gasteiger partial charge in [-0.1, -0.05) is 11.3 Å². The highest BCUT2D eigenvalue weighted by Gasteiger charge is 2.31. The number of pyridine rings is 2. The van der Waals surface area contributed by atoms with E-state index in [1.54, 1.807) is 24.3 Å². The maximum absolute atomic E-state index is 13.1. The Balaban J connectivity index is 1.55. The standard InChI is InChI=1S/C21H11F3N4O4S2/c1-30-14-4-5-26-16-17(14)32-20(33)28(18(16)29)19-27-13-3-2-11(7-15(13)34-19)31-12-6-10(8-25-9-12)21(22,23)24/h2-9H,1H3. The van der Waals surface area contributed by atoms with Gasteiger partial charge in [-0.15, -0.1) is 0 Å². The van der Waals surface area contributed by atoms with Gasteiger partial charge < -0.3 is 13.9 Å². The molecule has 0 spiro atoms. The van der Waals surface area contributed by atoms with Crippen molar-refractivity contribution >= 4 is 44.9 Å². The number of rotatable bonds is 4. The number of ether oxygens (including phenoxy) is 2. The third kappa shape index (κ3) is 3.88. The van der Waals surface area contributed by atoms with E-state index in [9.17, 15) is 18.0 Å². The van der Waals surface area contributed by atoms with Crippen LogP contribution in [0.3, 0.4) is 0 Å². The van der Waals surface area contributed by atoms with Gasteiger partial charge in [0.25, 0.3) is 10.4 Å². The molecule has 5 aromatic rings. The average Bonchev–Trinajstić information content (AvgIpc) is 3.21. The molecular weight excluding hydrogens is 493 g/mol. The Kier molecular flexibility index (Phi) is 5.29. The van der Waals surface area contributed by atoms with Crippen LogP contribution in [0.5, 0.6) is 17.2 Å². The van der Waals surface area contributed by atoms with E-state index in [0.29, 0.717) is 22.2 Å². The number of halogens is 3. The van der Waals surface area contributed by atoms with Gasteiger partial charge in [0.2, 0.25) is 10.7 Å². The van der Waals surface area contributed by atoms with Crippen LogP contribution >= 0.6 is 23.6 Å². The van der Waals surface area contributed by atoms with Gasteiger partial charge >= 0.3 is 6.18 Å². The lowest BCUT2D eigenvalue weighted by molar-refractivity contribution is -0.137. The number of hydrogen-bond acceptors (Lipinski definition) is 9. The molecule has 0 N–H and O–H groups in total. The van der Waals surface area contributed by atoms with Crippen LogP contribution in [0.15, 0.2) is 58.1 Å². The lowest BCUT2D eigenvalue weighted by atomic mass is 10.2. The average molecular weight is 504 g/mol. The second-order valence-electron chi connectivity index (χ2n) is 6.83. The number of alkyl halides is 3. The van der Waals surface area contributed by atoms with Crippen LogP contribution in [0.25, 0.3) is 26.4 Å². The minimum absolute atomic E-state index is 0.0216. The van der Waals surface area contributed by atoms with Crippen molar-refractivity contribution in [3.63, 3.8) is 0 Å². The summed E-state index contributed by atoms with van der Waals surface area (Å²) in [6, 6.07) is 7.14. The number of benzene rings is 1. The van der Waals surface area contributed by atoms with Gasteiger partial charge in [0.15, 0.2) is 11.3 Å². The molecule has 0 saturated carbocycles. The van der Waals surface area contributed by atoms with E-state index in [0.717, 1.165) is 22.0 Å². The summed E-state index contributed by atoms with van der Waals surface area (Å²) < 4.78 is 56.9. The quantitative estimate of drug-likeness (QED) is 0.295. The predicted octanol–water partition coefficient (Wildman–Crippen LogP) is 5.53. The topological polar surface area (TPSA) is 92.3 Å². The first-order valence-corrected chi connectivity index (χ1v) is 10.7. The third-order valence-electron chi connectivity index (χ3n) is 4.68. The Labute approximate surface area is 196 Å². The summed E-state index contributed by atoms with van der Waals surface area (Å²) >= 11 is 6.39. The molecule has 0 aliphatic heterocycles. The molecule has 8 nitrogen and oxygen atoms in total. The summed E-state index contributed by atoms with van der Waals surface area (Å²) in [5.74, 6) is 0.510. The van der Waals surface area contributed by atoms with Crippen molar-refractivity contribution in [3.8, 4) is 22.4 Å². The highest BCUT2D eigenvalue weighted by atomic mass is 32.1. The molecule has 0 fully saturated rings. The maximum Gasteiger partial charge on any atom is 0.418 e. The monoisotopic (exact) mass is 504 g/mol. The van der Waals surface area contributed by atoms with E-state index in [2.05, 4.69) is 15.0 Å². The number of methoxy groups -OCH3 is 1. The maximum atomic E-state index is 13.1. The molecule has 4 aromatic heterocycles. The SMILES string of the molecule is COc1ccnc2c(=O)n(-c3nc4ccc(Oc5cncc(C(F)(F)F)c5)cc4s3)c(=S)oc12. The van der Waals surface area contributed by atoms with E-state index >= 15 is 0 Å². The molecule has 0 amide bonds. The van der Waals surface area contributed by atoms with Crippen molar-refractivity contribution < 1.29 is 27.1 Å². The molecule has 0 unspecified atom stereocenters. The summed E-state index contributed by atoms with van der Waals surface area (Å²) in [4.78, 5) is 25.0. The zero-order valence-corrected chi connectivity index (χ0v) is 18.6. The van der Waals surface area contributed by atoms with Crippen molar-refractivity contribution in [1.29, 1.82) is 0 Å². The van der Waals surface area contributed by atoms with Gasteiger partial charge in [-0.25, -0.2) is 14.5 Å². The highest BCUT2D eigenvalue weighted by molar-refractivity contribution is 7.71. The van der Waals surface area contributed by atoms with Crippen LogP contribution in [0, 0.1) is 4.84 Å². The lowest BCUT2D eigenvalue weighted by Gasteiger charge is -2.09. The van der Waals surface area contributed by atoms with Crippen LogP contribution < -0.4 is 15.0 Å². The number of fused-ring (bicyclic) bond motifs is 2. The molecule has 0 aliphatic carbocycles. The van der Waals surface area contributed by atoms with Crippen LogP contribution in [-0.4, -0.2) is 26.6 Å². The molecule has 0 aliphatic rings. The minimum Gasteiger partial charge on any atom is -0.493 e. The van der Waals surface area contributed by atoms with Crippen molar-refractivity contribution in [2.45, 2.75) is 6.18 Å². The molecule has 1 aromatic carbocycles. The second-order valence-corrected chi connectivity index (χ2v) is 8.19. The van der Waals surface area contributed by atoms with Crippen molar-refractivity contribution in [1.82, 2.24) is 19.5 Å². The zero-order chi connectivity index (χ0) is 24.0. The highest BCUT2D eigenvalue weighted by Crippen LogP contribution is 2.34. The van der Waals surface area contributed by atoms with Gasteiger partial charge in [0, 0.05) is 24.5 Å². The second kappa shape index (κ2) is 8.18. The van der Waals surface area contributed by atoms with Gasteiger partial charge in [-0.05, 0) is 30.4 Å². The molecule has 0 radical (unpaired) electrons. The summed E-state index contributed by atoms with van der Waals surface area (Å²) in [7, 11) is 1.43. The third-order valence-corrected chi connectivity index (χ3v) is 5.95. The van der Waals surface area contributed by atoms with Crippen molar-refractivity contribution in [3.05, 3.63) is 69.7 Å². The van der Waals surface area contributed by atoms with Gasteiger partial charge in [0.1, 0.15) is 11.5 Å². The molecule has 13 heteroatoms. The van der Waals surface area contributed by atoms with E-state index < -0.39 is 17.3 Å². The van der Waals surface area contributed by atoms with Crippen molar-refractivity contribution in [2.75, 3.05) is 7.11 Å². The number of hydrogen-bond donors (Lipinski definition) is 0. The van der Waals surface area contributed by atoms with E-state index in [-0.39, 0.29) is 32.6 Å². The predicted molar refractivity (Wildman–Crippen MR) is 119 cm³/mol. The smallest absolute Gasteiger partial charge is 0.418 e. The molecule has 34 heavy (non-hydrogen) atoms. The van der Waals surface area contributed by atoms with Crippen LogP contribution in [0.1, 0.15) is 5.56 Å².